The van der Waals surface area contributed by atoms with Crippen molar-refractivity contribution in [3.8, 4) is 11.5 Å². The van der Waals surface area contributed by atoms with E-state index in [2.05, 4.69) is 15.8 Å². The average Bonchev–Trinajstić information content (AvgIpc) is 2.65. The van der Waals surface area contributed by atoms with Crippen LogP contribution in [0.3, 0.4) is 0 Å². The highest BCUT2D eigenvalue weighted by atomic mass is 16.5. The number of anilines is 1. The molecular weight excluding hydrogens is 346 g/mol. The van der Waals surface area contributed by atoms with Crippen LogP contribution in [0.2, 0.25) is 0 Å². The first-order valence-electron chi connectivity index (χ1n) is 8.45. The fourth-order valence-electron chi connectivity index (χ4n) is 2.49. The second-order valence-corrected chi connectivity index (χ2v) is 6.04. The summed E-state index contributed by atoms with van der Waals surface area (Å²) in [6.45, 7) is 3.58. The Hall–Kier alpha value is -3.35. The summed E-state index contributed by atoms with van der Waals surface area (Å²) in [7, 11) is 1.52. The number of benzene rings is 2. The van der Waals surface area contributed by atoms with E-state index in [0.29, 0.717) is 11.4 Å². The van der Waals surface area contributed by atoms with Crippen LogP contribution in [0.5, 0.6) is 11.5 Å². The number of rotatable bonds is 7. The normalized spacial score (nSPS) is 10.6. The molecule has 0 atom stereocenters. The van der Waals surface area contributed by atoms with Gasteiger partial charge in [-0.2, -0.15) is 5.10 Å². The van der Waals surface area contributed by atoms with Gasteiger partial charge in [0.25, 0.3) is 0 Å². The van der Waals surface area contributed by atoms with Crippen molar-refractivity contribution < 1.29 is 19.4 Å². The number of phenols is 1. The maximum Gasteiger partial charge on any atom is 0.240 e. The summed E-state index contributed by atoms with van der Waals surface area (Å²) in [6, 6.07) is 10.6. The molecule has 0 heterocycles. The Bertz CT molecular complexity index is 839. The first kappa shape index (κ1) is 20.0. The summed E-state index contributed by atoms with van der Waals surface area (Å²) in [5, 5.41) is 16.3. The summed E-state index contributed by atoms with van der Waals surface area (Å²) in [5.74, 6) is 0.147. The lowest BCUT2D eigenvalue weighted by molar-refractivity contribution is -0.124. The number of aryl methyl sites for hydroxylation is 2. The molecule has 0 saturated heterocycles. The highest BCUT2D eigenvalue weighted by Gasteiger charge is 2.09. The Morgan fingerprint density at radius 1 is 1.11 bits per heavy atom. The quantitative estimate of drug-likeness (QED) is 0.516. The van der Waals surface area contributed by atoms with Crippen LogP contribution in [0.1, 0.15) is 29.5 Å². The van der Waals surface area contributed by atoms with Crippen molar-refractivity contribution in [1.29, 1.82) is 0 Å². The van der Waals surface area contributed by atoms with Crippen LogP contribution in [0.15, 0.2) is 41.5 Å². The van der Waals surface area contributed by atoms with Crippen molar-refractivity contribution in [2.45, 2.75) is 26.7 Å². The van der Waals surface area contributed by atoms with Crippen LogP contribution in [0.4, 0.5) is 5.69 Å². The number of ether oxygens (including phenoxy) is 1. The molecule has 7 heteroatoms. The lowest BCUT2D eigenvalue weighted by Gasteiger charge is -2.09. The van der Waals surface area contributed by atoms with E-state index >= 15 is 0 Å². The van der Waals surface area contributed by atoms with Gasteiger partial charge < -0.3 is 15.2 Å². The van der Waals surface area contributed by atoms with Gasteiger partial charge in [0.15, 0.2) is 0 Å². The Labute approximate surface area is 158 Å². The van der Waals surface area contributed by atoms with Crippen molar-refractivity contribution in [2.24, 2.45) is 5.10 Å². The molecule has 2 rings (SSSR count). The van der Waals surface area contributed by atoms with Crippen LogP contribution in [-0.2, 0) is 9.59 Å². The third-order valence-electron chi connectivity index (χ3n) is 3.88. The largest absolute Gasteiger partial charge is 0.507 e. The Morgan fingerprint density at radius 2 is 1.74 bits per heavy atom. The number of carbonyl (C=O) groups is 2. The molecule has 142 valence electrons. The topological polar surface area (TPSA) is 100 Å². The summed E-state index contributed by atoms with van der Waals surface area (Å²) in [4.78, 5) is 23.8. The fourth-order valence-corrected chi connectivity index (χ4v) is 2.49. The molecule has 0 radical (unpaired) electrons. The molecule has 27 heavy (non-hydrogen) atoms. The molecule has 0 fully saturated rings. The molecule has 0 saturated carbocycles. The number of hydrazone groups is 1. The van der Waals surface area contributed by atoms with Gasteiger partial charge >= 0.3 is 0 Å². The zero-order chi connectivity index (χ0) is 19.8. The maximum atomic E-state index is 12.0. The maximum absolute atomic E-state index is 12.0. The van der Waals surface area contributed by atoms with Crippen molar-refractivity contribution in [1.82, 2.24) is 5.43 Å². The van der Waals surface area contributed by atoms with Gasteiger partial charge in [-0.05, 0) is 54.8 Å². The SMILES string of the molecule is COc1ccccc1NC(=O)CCC(=O)NN=Cc1cc(C)c(O)c(C)c1. The molecule has 2 aromatic rings. The van der Waals surface area contributed by atoms with Crippen molar-refractivity contribution >= 4 is 23.7 Å². The third kappa shape index (κ3) is 5.85. The van der Waals surface area contributed by atoms with Crippen LogP contribution in [0.25, 0.3) is 0 Å². The second kappa shape index (κ2) is 9.38. The van der Waals surface area contributed by atoms with Gasteiger partial charge in [-0.15, -0.1) is 0 Å². The summed E-state index contributed by atoms with van der Waals surface area (Å²) in [6.07, 6.45) is 1.52. The van der Waals surface area contributed by atoms with Crippen LogP contribution in [0, 0.1) is 13.8 Å². The van der Waals surface area contributed by atoms with E-state index in [1.165, 1.54) is 13.3 Å². The highest BCUT2D eigenvalue weighted by Crippen LogP contribution is 2.23. The molecule has 0 bridgehead atoms. The third-order valence-corrected chi connectivity index (χ3v) is 3.88. The number of para-hydroxylation sites is 2. The Balaban J connectivity index is 1.81. The van der Waals surface area contributed by atoms with Gasteiger partial charge in [-0.25, -0.2) is 5.43 Å². The van der Waals surface area contributed by atoms with Crippen molar-refractivity contribution in [2.75, 3.05) is 12.4 Å². The van der Waals surface area contributed by atoms with Crippen molar-refractivity contribution in [3.63, 3.8) is 0 Å². The number of nitrogens with zero attached hydrogens (tertiary/aromatic N) is 1. The van der Waals surface area contributed by atoms with E-state index in [-0.39, 0.29) is 30.4 Å². The van der Waals surface area contributed by atoms with E-state index in [0.717, 1.165) is 16.7 Å². The lowest BCUT2D eigenvalue weighted by Crippen LogP contribution is -2.20. The van der Waals surface area contributed by atoms with E-state index in [4.69, 9.17) is 4.74 Å². The van der Waals surface area contributed by atoms with E-state index < -0.39 is 0 Å². The number of methoxy groups -OCH3 is 1. The summed E-state index contributed by atoms with van der Waals surface area (Å²) in [5.41, 5.74) is 5.17. The number of carbonyl (C=O) groups excluding carboxylic acids is 2. The minimum absolute atomic E-state index is 0.00591. The van der Waals surface area contributed by atoms with Crippen LogP contribution in [-0.4, -0.2) is 30.2 Å². The Morgan fingerprint density at radius 3 is 2.41 bits per heavy atom. The zero-order valence-corrected chi connectivity index (χ0v) is 15.6. The number of aromatic hydroxyl groups is 1. The monoisotopic (exact) mass is 369 g/mol. The number of nitrogens with one attached hydrogen (secondary N) is 2. The minimum atomic E-state index is -0.367. The van der Waals surface area contributed by atoms with Gasteiger partial charge in [0.2, 0.25) is 11.8 Å². The number of amides is 2. The first-order chi connectivity index (χ1) is 12.9. The molecule has 0 aliphatic heterocycles. The minimum Gasteiger partial charge on any atom is -0.507 e. The molecule has 0 aliphatic rings. The molecule has 2 amide bonds. The predicted molar refractivity (Wildman–Crippen MR) is 104 cm³/mol. The van der Waals surface area contributed by atoms with E-state index in [9.17, 15) is 14.7 Å². The van der Waals surface area contributed by atoms with Crippen LogP contribution < -0.4 is 15.5 Å². The molecular formula is C20H23N3O4. The molecule has 0 aliphatic carbocycles. The molecule has 0 spiro atoms. The van der Waals surface area contributed by atoms with Crippen LogP contribution >= 0.6 is 0 Å². The van der Waals surface area contributed by atoms with Gasteiger partial charge in [0.1, 0.15) is 11.5 Å². The van der Waals surface area contributed by atoms with Gasteiger partial charge in [-0.1, -0.05) is 12.1 Å². The fraction of sp³-hybridized carbons (Fsp3) is 0.250. The number of phenolic OH excluding ortho intramolecular Hbond substituents is 1. The number of hydrogen-bond acceptors (Lipinski definition) is 5. The number of hydrogen-bond donors (Lipinski definition) is 3. The summed E-state index contributed by atoms with van der Waals surface area (Å²) >= 11 is 0. The summed E-state index contributed by atoms with van der Waals surface area (Å²) < 4.78 is 5.16. The van der Waals surface area contributed by atoms with E-state index in [1.807, 2.05) is 0 Å². The highest BCUT2D eigenvalue weighted by molar-refractivity contribution is 5.94. The molecule has 3 N–H and O–H groups in total. The molecule has 7 nitrogen and oxygen atoms in total. The smallest absolute Gasteiger partial charge is 0.240 e. The molecule has 0 aromatic heterocycles. The predicted octanol–water partition coefficient (Wildman–Crippen LogP) is 2.89. The van der Waals surface area contributed by atoms with Gasteiger partial charge in [0, 0.05) is 12.8 Å². The lowest BCUT2D eigenvalue weighted by atomic mass is 10.1. The average molecular weight is 369 g/mol. The standard InChI is InChI=1S/C20H23N3O4/c1-13-10-15(11-14(2)20(13)26)12-21-23-19(25)9-8-18(24)22-16-6-4-5-7-17(16)27-3/h4-7,10-12,26H,8-9H2,1-3H3,(H,22,24)(H,23,25). The molecule has 2 aromatic carbocycles. The van der Waals surface area contributed by atoms with Crippen molar-refractivity contribution in [3.05, 3.63) is 53.1 Å². The second-order valence-electron chi connectivity index (χ2n) is 6.04. The van der Waals surface area contributed by atoms with E-state index in [1.54, 1.807) is 50.2 Å². The Kier molecular flexibility index (Phi) is 6.93. The zero-order valence-electron chi connectivity index (χ0n) is 15.6. The van der Waals surface area contributed by atoms with Gasteiger partial charge in [-0.3, -0.25) is 9.59 Å². The molecule has 0 unspecified atom stereocenters. The van der Waals surface area contributed by atoms with Gasteiger partial charge in [0.05, 0.1) is 19.0 Å². The first-order valence-corrected chi connectivity index (χ1v) is 8.45.